The summed E-state index contributed by atoms with van der Waals surface area (Å²) in [6.45, 7) is 0. The molecule has 0 unspecified atom stereocenters. The molecule has 146 valence electrons. The van der Waals surface area contributed by atoms with Crippen LogP contribution in [0.25, 0.3) is 16.9 Å². The highest BCUT2D eigenvalue weighted by Gasteiger charge is 2.18. The minimum atomic E-state index is -3.81. The van der Waals surface area contributed by atoms with Crippen molar-refractivity contribution in [2.24, 2.45) is 5.14 Å². The predicted octanol–water partition coefficient (Wildman–Crippen LogP) is 2.74. The van der Waals surface area contributed by atoms with E-state index in [1.54, 1.807) is 31.4 Å². The molecule has 2 N–H and O–H groups in total. The van der Waals surface area contributed by atoms with Crippen molar-refractivity contribution in [1.29, 1.82) is 0 Å². The summed E-state index contributed by atoms with van der Waals surface area (Å²) in [6.07, 6.45) is 0. The number of nitrogens with two attached hydrogens (primary N) is 1. The molecule has 2 aromatic carbocycles. The van der Waals surface area contributed by atoms with Gasteiger partial charge in [0.1, 0.15) is 5.75 Å². The molecule has 0 saturated carbocycles. The second-order valence-electron chi connectivity index (χ2n) is 5.71. The summed E-state index contributed by atoms with van der Waals surface area (Å²) >= 11 is 3.44. The lowest BCUT2D eigenvalue weighted by Crippen LogP contribution is -2.12. The maximum Gasteiger partial charge on any atom is 0.358 e. The van der Waals surface area contributed by atoms with Gasteiger partial charge in [0.05, 0.1) is 35.0 Å². The first-order chi connectivity index (χ1) is 13.2. The van der Waals surface area contributed by atoms with Crippen LogP contribution in [0.15, 0.2) is 57.9 Å². The van der Waals surface area contributed by atoms with Crippen LogP contribution in [0.5, 0.6) is 5.75 Å². The van der Waals surface area contributed by atoms with Crippen molar-refractivity contribution in [3.63, 3.8) is 0 Å². The van der Waals surface area contributed by atoms with Crippen molar-refractivity contribution >= 4 is 31.9 Å². The van der Waals surface area contributed by atoms with Crippen LogP contribution >= 0.6 is 15.9 Å². The number of halogens is 1. The standard InChI is InChI=1S/C18H16BrN3O5S/c1-26-17-8-3-11(9-14(17)19)16-10-15(18(23)27-2)21-22(16)12-4-6-13(7-5-12)28(20,24)25/h3-10H,1-2H3,(H2,20,24,25). The average molecular weight is 466 g/mol. The molecule has 0 aliphatic heterocycles. The second kappa shape index (κ2) is 7.74. The van der Waals surface area contributed by atoms with Gasteiger partial charge < -0.3 is 9.47 Å². The molecule has 0 aliphatic rings. The first kappa shape index (κ1) is 20.1. The summed E-state index contributed by atoms with van der Waals surface area (Å²) < 4.78 is 35.2. The number of hydrogen-bond donors (Lipinski definition) is 1. The number of sulfonamides is 1. The van der Waals surface area contributed by atoms with E-state index in [4.69, 9.17) is 14.6 Å². The van der Waals surface area contributed by atoms with Gasteiger partial charge in [0, 0.05) is 5.56 Å². The van der Waals surface area contributed by atoms with Crippen LogP contribution in [0.3, 0.4) is 0 Å². The van der Waals surface area contributed by atoms with Gasteiger partial charge >= 0.3 is 5.97 Å². The second-order valence-corrected chi connectivity index (χ2v) is 8.12. The van der Waals surface area contributed by atoms with E-state index in [1.165, 1.54) is 23.9 Å². The Hall–Kier alpha value is -2.69. The molecule has 10 heteroatoms. The number of ether oxygens (including phenoxy) is 2. The lowest BCUT2D eigenvalue weighted by molar-refractivity contribution is 0.0593. The Bertz CT molecular complexity index is 1140. The molecule has 0 atom stereocenters. The third-order valence-corrected chi connectivity index (χ3v) is 5.51. The largest absolute Gasteiger partial charge is 0.496 e. The third-order valence-electron chi connectivity index (χ3n) is 3.96. The van der Waals surface area contributed by atoms with Gasteiger partial charge in [-0.05, 0) is 64.5 Å². The summed E-state index contributed by atoms with van der Waals surface area (Å²) in [6, 6.07) is 12.9. The van der Waals surface area contributed by atoms with Gasteiger partial charge in [-0.15, -0.1) is 0 Å². The van der Waals surface area contributed by atoms with E-state index in [9.17, 15) is 13.2 Å². The first-order valence-electron chi connectivity index (χ1n) is 7.90. The number of aromatic nitrogens is 2. The van der Waals surface area contributed by atoms with Crippen molar-refractivity contribution < 1.29 is 22.7 Å². The van der Waals surface area contributed by atoms with Crippen LogP contribution in [0, 0.1) is 0 Å². The molecule has 0 saturated heterocycles. The maximum atomic E-state index is 12.0. The van der Waals surface area contributed by atoms with E-state index >= 15 is 0 Å². The zero-order valence-corrected chi connectivity index (χ0v) is 17.3. The fourth-order valence-electron chi connectivity index (χ4n) is 2.59. The van der Waals surface area contributed by atoms with Gasteiger partial charge in [-0.1, -0.05) is 0 Å². The van der Waals surface area contributed by atoms with Crippen LogP contribution < -0.4 is 9.88 Å². The number of rotatable bonds is 5. The third kappa shape index (κ3) is 3.93. The zero-order chi connectivity index (χ0) is 20.5. The maximum absolute atomic E-state index is 12.0. The van der Waals surface area contributed by atoms with Crippen molar-refractivity contribution in [3.8, 4) is 22.7 Å². The van der Waals surface area contributed by atoms with E-state index in [0.29, 0.717) is 17.1 Å². The molecule has 0 radical (unpaired) electrons. The van der Waals surface area contributed by atoms with Gasteiger partial charge in [0.15, 0.2) is 5.69 Å². The van der Waals surface area contributed by atoms with Gasteiger partial charge in [-0.3, -0.25) is 0 Å². The molecule has 0 fully saturated rings. The summed E-state index contributed by atoms with van der Waals surface area (Å²) in [5, 5.41) is 9.45. The highest BCUT2D eigenvalue weighted by molar-refractivity contribution is 9.10. The van der Waals surface area contributed by atoms with E-state index in [2.05, 4.69) is 21.0 Å². The lowest BCUT2D eigenvalue weighted by Gasteiger charge is -2.10. The van der Waals surface area contributed by atoms with Gasteiger partial charge in [-0.25, -0.2) is 23.0 Å². The lowest BCUT2D eigenvalue weighted by atomic mass is 10.1. The number of hydrogen-bond acceptors (Lipinski definition) is 6. The Kier molecular flexibility index (Phi) is 5.54. The number of carbonyl (C=O) groups is 1. The molecular formula is C18H16BrN3O5S. The molecule has 0 spiro atoms. The van der Waals surface area contributed by atoms with Crippen molar-refractivity contribution in [2.75, 3.05) is 14.2 Å². The summed E-state index contributed by atoms with van der Waals surface area (Å²) in [7, 11) is -0.982. The Balaban J connectivity index is 2.16. The number of benzene rings is 2. The van der Waals surface area contributed by atoms with E-state index < -0.39 is 16.0 Å². The Labute approximate surface area is 170 Å². The molecule has 0 amide bonds. The number of carbonyl (C=O) groups excluding carboxylic acids is 1. The van der Waals surface area contributed by atoms with E-state index in [1.807, 2.05) is 12.1 Å². The van der Waals surface area contributed by atoms with E-state index in [-0.39, 0.29) is 10.6 Å². The molecule has 28 heavy (non-hydrogen) atoms. The van der Waals surface area contributed by atoms with Gasteiger partial charge in [0.2, 0.25) is 10.0 Å². The molecule has 0 aliphatic carbocycles. The number of esters is 1. The van der Waals surface area contributed by atoms with Crippen LogP contribution in [0.1, 0.15) is 10.5 Å². The molecule has 1 heterocycles. The highest BCUT2D eigenvalue weighted by Crippen LogP contribution is 2.32. The fourth-order valence-corrected chi connectivity index (χ4v) is 3.65. The summed E-state index contributed by atoms with van der Waals surface area (Å²) in [5.41, 5.74) is 2.02. The smallest absolute Gasteiger partial charge is 0.358 e. The number of primary sulfonamides is 1. The van der Waals surface area contributed by atoms with Crippen LogP contribution in [-0.2, 0) is 14.8 Å². The molecule has 3 rings (SSSR count). The average Bonchev–Trinajstić information content (AvgIpc) is 3.12. The fraction of sp³-hybridized carbons (Fsp3) is 0.111. The topological polar surface area (TPSA) is 114 Å². The molecule has 1 aromatic heterocycles. The highest BCUT2D eigenvalue weighted by atomic mass is 79.9. The van der Waals surface area contributed by atoms with Crippen molar-refractivity contribution in [2.45, 2.75) is 4.90 Å². The van der Waals surface area contributed by atoms with Gasteiger partial charge in [-0.2, -0.15) is 5.10 Å². The molecule has 3 aromatic rings. The molecule has 0 bridgehead atoms. The van der Waals surface area contributed by atoms with Crippen molar-refractivity contribution in [1.82, 2.24) is 9.78 Å². The summed E-state index contributed by atoms with van der Waals surface area (Å²) in [4.78, 5) is 11.9. The quantitative estimate of drug-likeness (QED) is 0.579. The van der Waals surface area contributed by atoms with Gasteiger partial charge in [0.25, 0.3) is 0 Å². The molecular weight excluding hydrogens is 450 g/mol. The minimum absolute atomic E-state index is 0.0228. The Morgan fingerprint density at radius 2 is 1.79 bits per heavy atom. The number of nitrogens with zero attached hydrogens (tertiary/aromatic N) is 2. The number of methoxy groups -OCH3 is 2. The predicted molar refractivity (Wildman–Crippen MR) is 106 cm³/mol. The minimum Gasteiger partial charge on any atom is -0.496 e. The van der Waals surface area contributed by atoms with Crippen LogP contribution in [0.4, 0.5) is 0 Å². The molecule has 8 nitrogen and oxygen atoms in total. The SMILES string of the molecule is COC(=O)c1cc(-c2ccc(OC)c(Br)c2)n(-c2ccc(S(N)(=O)=O)cc2)n1. The Morgan fingerprint density at radius 3 is 2.32 bits per heavy atom. The monoisotopic (exact) mass is 465 g/mol. The Morgan fingerprint density at radius 1 is 1.11 bits per heavy atom. The first-order valence-corrected chi connectivity index (χ1v) is 10.2. The van der Waals surface area contributed by atoms with E-state index in [0.717, 1.165) is 10.0 Å². The van der Waals surface area contributed by atoms with Crippen molar-refractivity contribution in [3.05, 3.63) is 58.7 Å². The normalized spacial score (nSPS) is 11.3. The van der Waals surface area contributed by atoms with Crippen LogP contribution in [0.2, 0.25) is 0 Å². The van der Waals surface area contributed by atoms with Crippen LogP contribution in [-0.4, -0.2) is 38.4 Å². The summed E-state index contributed by atoms with van der Waals surface area (Å²) in [5.74, 6) is 0.0641. The zero-order valence-electron chi connectivity index (χ0n) is 14.9.